The van der Waals surface area contributed by atoms with Crippen molar-refractivity contribution in [2.75, 3.05) is 4.72 Å². The maximum absolute atomic E-state index is 13.1. The predicted octanol–water partition coefficient (Wildman–Crippen LogP) is 2.19. The molecule has 6 nitrogen and oxygen atoms in total. The fraction of sp³-hybridized carbons (Fsp3) is 0. The van der Waals surface area contributed by atoms with Gasteiger partial charge in [0.05, 0.1) is 5.69 Å². The van der Waals surface area contributed by atoms with Crippen LogP contribution in [0.25, 0.3) is 0 Å². The molecule has 10 heteroatoms. The number of hydrogen-bond donors (Lipinski definition) is 1. The smallest absolute Gasteiger partial charge is 0.278 e. The molecule has 112 valence electrons. The maximum atomic E-state index is 13.1. The molecule has 0 spiro atoms. The van der Waals surface area contributed by atoms with Crippen LogP contribution in [0.5, 0.6) is 0 Å². The van der Waals surface area contributed by atoms with Crippen molar-refractivity contribution in [3.63, 3.8) is 0 Å². The second kappa shape index (κ2) is 5.58. The van der Waals surface area contributed by atoms with Crippen LogP contribution in [0.1, 0.15) is 0 Å². The van der Waals surface area contributed by atoms with Crippen LogP contribution in [0, 0.1) is 0 Å². The van der Waals surface area contributed by atoms with Crippen LogP contribution in [0.2, 0.25) is 5.15 Å². The largest absolute Gasteiger partial charge is 0.334 e. The molecule has 1 N–H and O–H groups in total. The first-order valence-corrected chi connectivity index (χ1v) is 8.63. The van der Waals surface area contributed by atoms with E-state index in [-0.39, 0.29) is 10.0 Å². The summed E-state index contributed by atoms with van der Waals surface area (Å²) in [5.41, 5.74) is -0.417. The monoisotopic (exact) mass is 350 g/mol. The van der Waals surface area contributed by atoms with Crippen molar-refractivity contribution in [3.8, 4) is 0 Å². The topological polar surface area (TPSA) is 93.2 Å². The zero-order chi connectivity index (χ0) is 15.7. The normalized spacial score (nSPS) is 12.1. The first-order valence-electron chi connectivity index (χ1n) is 5.39. The Labute approximate surface area is 125 Å². The van der Waals surface area contributed by atoms with E-state index >= 15 is 0 Å². The molecule has 0 aliphatic carbocycles. The fourth-order valence-electron chi connectivity index (χ4n) is 1.54. The molecule has 2 rings (SSSR count). The van der Waals surface area contributed by atoms with E-state index in [2.05, 4.69) is 4.98 Å². The lowest BCUT2D eigenvalue weighted by Crippen LogP contribution is -2.15. The van der Waals surface area contributed by atoms with Gasteiger partial charge in [0.15, 0.2) is 0 Å². The molecule has 0 bridgehead atoms. The minimum Gasteiger partial charge on any atom is -0.278 e. The molecule has 1 aromatic heterocycles. The van der Waals surface area contributed by atoms with Gasteiger partial charge in [0.25, 0.3) is 10.0 Å². The minimum atomic E-state index is -5.07. The summed E-state index contributed by atoms with van der Waals surface area (Å²) in [6.07, 6.45) is 1.29. The number of sulfonamides is 1. The first-order chi connectivity index (χ1) is 9.72. The molecule has 0 radical (unpaired) electrons. The quantitative estimate of drug-likeness (QED) is 0.674. The van der Waals surface area contributed by atoms with Crippen LogP contribution in [-0.4, -0.2) is 21.8 Å². The van der Waals surface area contributed by atoms with Crippen molar-refractivity contribution in [2.24, 2.45) is 0 Å². The summed E-state index contributed by atoms with van der Waals surface area (Å²) in [6, 6.07) is 7.22. The van der Waals surface area contributed by atoms with Crippen molar-refractivity contribution in [3.05, 3.63) is 47.7 Å². The number of halogens is 2. The van der Waals surface area contributed by atoms with Gasteiger partial charge in [0, 0.05) is 6.20 Å². The predicted molar refractivity (Wildman–Crippen MR) is 74.8 cm³/mol. The molecule has 21 heavy (non-hydrogen) atoms. The van der Waals surface area contributed by atoms with E-state index in [0.29, 0.717) is 0 Å². The van der Waals surface area contributed by atoms with Crippen molar-refractivity contribution in [2.45, 2.75) is 9.79 Å². The van der Waals surface area contributed by atoms with Crippen LogP contribution in [0.15, 0.2) is 52.4 Å². The van der Waals surface area contributed by atoms with Gasteiger partial charge in [0.2, 0.25) is 0 Å². The number of para-hydroxylation sites is 1. The number of anilines is 1. The highest BCUT2D eigenvalue weighted by Crippen LogP contribution is 2.27. The van der Waals surface area contributed by atoms with Crippen molar-refractivity contribution in [1.82, 2.24) is 4.98 Å². The average molecular weight is 351 g/mol. The standard InChI is InChI=1S/C11H8ClFN2O4S2/c12-11-10(6-3-7-14-11)21(18,19)15-8-4-1-2-5-9(8)20(13,16)17/h1-7,15H. The Hall–Kier alpha value is -1.71. The van der Waals surface area contributed by atoms with Crippen LogP contribution >= 0.6 is 11.6 Å². The third-order valence-corrected chi connectivity index (χ3v) is 5.10. The summed E-state index contributed by atoms with van der Waals surface area (Å²) in [6.45, 7) is 0. The molecular weight excluding hydrogens is 343 g/mol. The van der Waals surface area contributed by atoms with E-state index in [0.717, 1.165) is 12.1 Å². The third kappa shape index (κ3) is 3.49. The summed E-state index contributed by atoms with van der Waals surface area (Å²) in [5, 5.41) is -0.286. The van der Waals surface area contributed by atoms with Gasteiger partial charge in [-0.2, -0.15) is 8.42 Å². The molecule has 1 heterocycles. The Morgan fingerprint density at radius 1 is 1.00 bits per heavy atom. The Morgan fingerprint density at radius 2 is 1.62 bits per heavy atom. The number of benzene rings is 1. The number of nitrogens with zero attached hydrogens (tertiary/aromatic N) is 1. The molecule has 0 saturated carbocycles. The van der Waals surface area contributed by atoms with Gasteiger partial charge in [-0.1, -0.05) is 23.7 Å². The highest BCUT2D eigenvalue weighted by Gasteiger charge is 2.23. The Kier molecular flexibility index (Phi) is 4.17. The van der Waals surface area contributed by atoms with Crippen molar-refractivity contribution < 1.29 is 20.7 Å². The van der Waals surface area contributed by atoms with E-state index in [1.165, 1.54) is 30.5 Å². The Balaban J connectivity index is 2.51. The molecule has 1 aromatic carbocycles. The third-order valence-electron chi connectivity index (χ3n) is 2.41. The van der Waals surface area contributed by atoms with Gasteiger partial charge >= 0.3 is 10.2 Å². The minimum absolute atomic E-state index is 0.286. The highest BCUT2D eigenvalue weighted by atomic mass is 35.5. The molecule has 0 aliphatic rings. The fourth-order valence-corrected chi connectivity index (χ4v) is 3.76. The molecular formula is C11H8ClFN2O4S2. The van der Waals surface area contributed by atoms with Crippen LogP contribution in [0.3, 0.4) is 0 Å². The number of nitrogens with one attached hydrogen (secondary N) is 1. The van der Waals surface area contributed by atoms with Gasteiger partial charge in [-0.15, -0.1) is 3.89 Å². The first kappa shape index (κ1) is 15.7. The second-order valence-electron chi connectivity index (χ2n) is 3.83. The van der Waals surface area contributed by atoms with E-state index < -0.39 is 30.8 Å². The summed E-state index contributed by atoms with van der Waals surface area (Å²) < 4.78 is 61.4. The average Bonchev–Trinajstić information content (AvgIpc) is 2.38. The Bertz CT molecular complexity index is 885. The van der Waals surface area contributed by atoms with Gasteiger partial charge in [-0.25, -0.2) is 13.4 Å². The molecule has 0 unspecified atom stereocenters. The summed E-state index contributed by atoms with van der Waals surface area (Å²) in [5.74, 6) is 0. The van der Waals surface area contributed by atoms with E-state index in [1.807, 2.05) is 4.72 Å². The SMILES string of the molecule is O=S(=O)(F)c1ccccc1NS(=O)(=O)c1cccnc1Cl. The van der Waals surface area contributed by atoms with Gasteiger partial charge in [0.1, 0.15) is 14.9 Å². The zero-order valence-corrected chi connectivity index (χ0v) is 12.6. The number of aromatic nitrogens is 1. The van der Waals surface area contributed by atoms with Crippen LogP contribution in [-0.2, 0) is 20.2 Å². The lowest BCUT2D eigenvalue weighted by atomic mass is 10.3. The summed E-state index contributed by atoms with van der Waals surface area (Å²) >= 11 is 5.68. The maximum Gasteiger partial charge on any atom is 0.334 e. The van der Waals surface area contributed by atoms with E-state index in [4.69, 9.17) is 11.6 Å². The number of hydrogen-bond acceptors (Lipinski definition) is 5. The number of pyridine rings is 1. The lowest BCUT2D eigenvalue weighted by Gasteiger charge is -2.10. The van der Waals surface area contributed by atoms with Crippen LogP contribution in [0.4, 0.5) is 9.57 Å². The van der Waals surface area contributed by atoms with E-state index in [9.17, 15) is 20.7 Å². The van der Waals surface area contributed by atoms with Gasteiger partial charge < -0.3 is 0 Å². The lowest BCUT2D eigenvalue weighted by molar-refractivity contribution is 0.552. The van der Waals surface area contributed by atoms with Crippen LogP contribution < -0.4 is 4.72 Å². The molecule has 2 aromatic rings. The molecule has 0 atom stereocenters. The Morgan fingerprint density at radius 3 is 2.24 bits per heavy atom. The zero-order valence-electron chi connectivity index (χ0n) is 10.2. The molecule has 0 aliphatic heterocycles. The van der Waals surface area contributed by atoms with Crippen molar-refractivity contribution in [1.29, 1.82) is 0 Å². The van der Waals surface area contributed by atoms with E-state index in [1.54, 1.807) is 0 Å². The molecule has 0 amide bonds. The molecule has 0 fully saturated rings. The second-order valence-corrected chi connectivity index (χ2v) is 7.16. The highest BCUT2D eigenvalue weighted by molar-refractivity contribution is 7.93. The van der Waals surface area contributed by atoms with Crippen molar-refractivity contribution >= 4 is 37.5 Å². The summed E-state index contributed by atoms with van der Waals surface area (Å²) in [7, 11) is -9.28. The van der Waals surface area contributed by atoms with Gasteiger partial charge in [-0.05, 0) is 24.3 Å². The summed E-state index contributed by atoms with van der Waals surface area (Å²) in [4.78, 5) is 2.48. The molecule has 0 saturated heterocycles. The van der Waals surface area contributed by atoms with Gasteiger partial charge in [-0.3, -0.25) is 4.72 Å². The number of rotatable bonds is 4.